The van der Waals surface area contributed by atoms with Gasteiger partial charge in [0.05, 0.1) is 13.0 Å². The van der Waals surface area contributed by atoms with Crippen LogP contribution in [0, 0.1) is 0 Å². The molecule has 0 rings (SSSR count). The Morgan fingerprint density at radius 1 is 1.41 bits per heavy atom. The lowest BCUT2D eigenvalue weighted by molar-refractivity contribution is -0.144. The van der Waals surface area contributed by atoms with Crippen LogP contribution in [0.15, 0.2) is 0 Å². The number of aliphatic carboxylic acids is 1. The minimum Gasteiger partial charge on any atom is -0.480 e. The predicted molar refractivity (Wildman–Crippen MR) is 63.6 cm³/mol. The SMILES string of the molecule is CCOC(=O)CCNC(CCCCN)C(=O)O. The van der Waals surface area contributed by atoms with Gasteiger partial charge in [-0.2, -0.15) is 0 Å². The number of nitrogens with one attached hydrogen (secondary N) is 1. The minimum absolute atomic E-state index is 0.189. The highest BCUT2D eigenvalue weighted by molar-refractivity contribution is 5.73. The highest BCUT2D eigenvalue weighted by Gasteiger charge is 2.16. The van der Waals surface area contributed by atoms with Gasteiger partial charge in [0.25, 0.3) is 0 Å². The lowest BCUT2D eigenvalue weighted by Gasteiger charge is -2.13. The number of esters is 1. The molecule has 0 aromatic heterocycles. The summed E-state index contributed by atoms with van der Waals surface area (Å²) in [6.45, 7) is 2.96. The van der Waals surface area contributed by atoms with Crippen LogP contribution in [0.1, 0.15) is 32.6 Å². The Kier molecular flexibility index (Phi) is 9.37. The van der Waals surface area contributed by atoms with Crippen molar-refractivity contribution in [3.05, 3.63) is 0 Å². The Balaban J connectivity index is 3.77. The number of nitrogens with two attached hydrogens (primary N) is 1. The summed E-state index contributed by atoms with van der Waals surface area (Å²) < 4.78 is 4.74. The van der Waals surface area contributed by atoms with Crippen LogP contribution in [0.2, 0.25) is 0 Å². The first-order chi connectivity index (χ1) is 8.11. The second kappa shape index (κ2) is 10.0. The molecule has 1 unspecified atom stereocenters. The fraction of sp³-hybridized carbons (Fsp3) is 0.818. The molecule has 100 valence electrons. The lowest BCUT2D eigenvalue weighted by atomic mass is 10.1. The number of rotatable bonds is 10. The molecule has 0 saturated carbocycles. The molecule has 0 aromatic carbocycles. The zero-order valence-electron chi connectivity index (χ0n) is 10.3. The van der Waals surface area contributed by atoms with Crippen LogP contribution < -0.4 is 11.1 Å². The summed E-state index contributed by atoms with van der Waals surface area (Å²) in [6, 6.07) is -0.615. The third kappa shape index (κ3) is 8.65. The van der Waals surface area contributed by atoms with Crippen LogP contribution in [-0.4, -0.2) is 42.8 Å². The Labute approximate surface area is 102 Å². The highest BCUT2D eigenvalue weighted by atomic mass is 16.5. The first kappa shape index (κ1) is 15.9. The minimum atomic E-state index is -0.897. The number of ether oxygens (including phenoxy) is 1. The van der Waals surface area contributed by atoms with Crippen molar-refractivity contribution in [3.8, 4) is 0 Å². The fourth-order valence-corrected chi connectivity index (χ4v) is 1.39. The molecule has 0 spiro atoms. The summed E-state index contributed by atoms with van der Waals surface area (Å²) in [5, 5.41) is 11.8. The zero-order chi connectivity index (χ0) is 13.1. The summed E-state index contributed by atoms with van der Waals surface area (Å²) in [5.74, 6) is -1.21. The first-order valence-electron chi connectivity index (χ1n) is 5.93. The van der Waals surface area contributed by atoms with Crippen molar-refractivity contribution in [3.63, 3.8) is 0 Å². The van der Waals surface area contributed by atoms with E-state index in [2.05, 4.69) is 5.32 Å². The van der Waals surface area contributed by atoms with Crippen molar-refractivity contribution in [1.29, 1.82) is 0 Å². The van der Waals surface area contributed by atoms with Gasteiger partial charge in [-0.1, -0.05) is 6.42 Å². The average molecular weight is 246 g/mol. The van der Waals surface area contributed by atoms with Gasteiger partial charge < -0.3 is 20.9 Å². The maximum Gasteiger partial charge on any atom is 0.320 e. The molecule has 17 heavy (non-hydrogen) atoms. The van der Waals surface area contributed by atoms with Crippen molar-refractivity contribution >= 4 is 11.9 Å². The van der Waals surface area contributed by atoms with Crippen molar-refractivity contribution in [2.45, 2.75) is 38.6 Å². The Hall–Kier alpha value is -1.14. The van der Waals surface area contributed by atoms with Crippen molar-refractivity contribution in [2.24, 2.45) is 5.73 Å². The average Bonchev–Trinajstić information content (AvgIpc) is 2.27. The molecule has 0 aliphatic heterocycles. The normalized spacial score (nSPS) is 12.1. The molecule has 0 amide bonds. The topological polar surface area (TPSA) is 102 Å². The molecular weight excluding hydrogens is 224 g/mol. The molecule has 0 aromatic rings. The molecule has 0 heterocycles. The third-order valence-corrected chi connectivity index (χ3v) is 2.27. The molecule has 0 aliphatic carbocycles. The fourth-order valence-electron chi connectivity index (χ4n) is 1.39. The van der Waals surface area contributed by atoms with E-state index in [1.165, 1.54) is 0 Å². The van der Waals surface area contributed by atoms with E-state index in [1.807, 2.05) is 0 Å². The summed E-state index contributed by atoms with van der Waals surface area (Å²) in [6.07, 6.45) is 2.28. The number of carbonyl (C=O) groups is 2. The maximum atomic E-state index is 11.0. The van der Waals surface area contributed by atoms with Crippen molar-refractivity contribution in [2.75, 3.05) is 19.7 Å². The van der Waals surface area contributed by atoms with Crippen LogP contribution in [0.5, 0.6) is 0 Å². The molecule has 0 bridgehead atoms. The van der Waals surface area contributed by atoms with Gasteiger partial charge in [0.15, 0.2) is 0 Å². The maximum absolute atomic E-state index is 11.0. The summed E-state index contributed by atoms with van der Waals surface area (Å²) in [7, 11) is 0. The number of carboxylic acid groups (broad SMARTS) is 1. The molecule has 0 saturated heterocycles. The van der Waals surface area contributed by atoms with Gasteiger partial charge in [-0.25, -0.2) is 0 Å². The van der Waals surface area contributed by atoms with Crippen molar-refractivity contribution in [1.82, 2.24) is 5.32 Å². The Morgan fingerprint density at radius 3 is 2.65 bits per heavy atom. The molecule has 6 heteroatoms. The van der Waals surface area contributed by atoms with E-state index >= 15 is 0 Å². The first-order valence-corrected chi connectivity index (χ1v) is 5.93. The van der Waals surface area contributed by atoms with E-state index in [0.29, 0.717) is 26.1 Å². The van der Waals surface area contributed by atoms with Crippen LogP contribution in [0.3, 0.4) is 0 Å². The molecule has 0 fully saturated rings. The zero-order valence-corrected chi connectivity index (χ0v) is 10.3. The van der Waals surface area contributed by atoms with Crippen molar-refractivity contribution < 1.29 is 19.4 Å². The smallest absolute Gasteiger partial charge is 0.320 e. The largest absolute Gasteiger partial charge is 0.480 e. The van der Waals surface area contributed by atoms with E-state index in [4.69, 9.17) is 15.6 Å². The van der Waals surface area contributed by atoms with Crippen LogP contribution in [0.25, 0.3) is 0 Å². The quantitative estimate of drug-likeness (QED) is 0.373. The number of unbranched alkanes of at least 4 members (excludes halogenated alkanes) is 1. The second-order valence-corrected chi connectivity index (χ2v) is 3.68. The monoisotopic (exact) mass is 246 g/mol. The van der Waals surface area contributed by atoms with Gasteiger partial charge in [-0.15, -0.1) is 0 Å². The predicted octanol–water partition coefficient (Wildman–Crippen LogP) is 0.111. The number of carboxylic acids is 1. The molecule has 0 radical (unpaired) electrons. The number of hydrogen-bond donors (Lipinski definition) is 3. The number of carbonyl (C=O) groups excluding carboxylic acids is 1. The Bertz CT molecular complexity index is 234. The van der Waals surface area contributed by atoms with E-state index in [1.54, 1.807) is 6.92 Å². The van der Waals surface area contributed by atoms with E-state index in [0.717, 1.165) is 12.8 Å². The van der Waals surface area contributed by atoms with Crippen LogP contribution >= 0.6 is 0 Å². The second-order valence-electron chi connectivity index (χ2n) is 3.68. The van der Waals surface area contributed by atoms with E-state index in [-0.39, 0.29) is 12.4 Å². The standard InChI is InChI=1S/C11H22N2O4/c1-2-17-10(14)6-8-13-9(11(15)16)5-3-4-7-12/h9,13H,2-8,12H2,1H3,(H,15,16). The molecule has 6 nitrogen and oxygen atoms in total. The van der Waals surface area contributed by atoms with Gasteiger partial charge in [0.2, 0.25) is 0 Å². The van der Waals surface area contributed by atoms with Gasteiger partial charge in [0.1, 0.15) is 6.04 Å². The Morgan fingerprint density at radius 2 is 2.12 bits per heavy atom. The summed E-state index contributed by atoms with van der Waals surface area (Å²) in [4.78, 5) is 21.9. The van der Waals surface area contributed by atoms with E-state index in [9.17, 15) is 9.59 Å². The van der Waals surface area contributed by atoms with Gasteiger partial charge in [-0.05, 0) is 26.3 Å². The third-order valence-electron chi connectivity index (χ3n) is 2.27. The van der Waals surface area contributed by atoms with Crippen LogP contribution in [0.4, 0.5) is 0 Å². The number of hydrogen-bond acceptors (Lipinski definition) is 5. The summed E-state index contributed by atoms with van der Waals surface area (Å²) in [5.41, 5.74) is 5.34. The molecule has 0 aliphatic rings. The van der Waals surface area contributed by atoms with Gasteiger partial charge in [-0.3, -0.25) is 9.59 Å². The van der Waals surface area contributed by atoms with Gasteiger partial charge >= 0.3 is 11.9 Å². The van der Waals surface area contributed by atoms with Gasteiger partial charge in [0, 0.05) is 6.54 Å². The molecule has 1 atom stereocenters. The molecular formula is C11H22N2O4. The summed E-state index contributed by atoms with van der Waals surface area (Å²) >= 11 is 0. The highest BCUT2D eigenvalue weighted by Crippen LogP contribution is 2.01. The lowest BCUT2D eigenvalue weighted by Crippen LogP contribution is -2.38. The molecule has 4 N–H and O–H groups in total. The van der Waals surface area contributed by atoms with E-state index < -0.39 is 12.0 Å². The van der Waals surface area contributed by atoms with Crippen LogP contribution in [-0.2, 0) is 14.3 Å².